The Kier molecular flexibility index (Phi) is 4.45. The Balaban J connectivity index is 2.30. The van der Waals surface area contributed by atoms with Gasteiger partial charge in [-0.1, -0.05) is 25.4 Å². The smallest absolute Gasteiger partial charge is 0.239 e. The van der Waals surface area contributed by atoms with Crippen LogP contribution < -0.4 is 10.7 Å². The van der Waals surface area contributed by atoms with Gasteiger partial charge in [-0.25, -0.2) is 0 Å². The van der Waals surface area contributed by atoms with Crippen molar-refractivity contribution in [1.29, 1.82) is 0 Å². The molecule has 0 saturated heterocycles. The maximum Gasteiger partial charge on any atom is 0.239 e. The van der Waals surface area contributed by atoms with Crippen molar-refractivity contribution in [2.24, 2.45) is 5.92 Å². The van der Waals surface area contributed by atoms with Crippen molar-refractivity contribution >= 4 is 28.4 Å². The van der Waals surface area contributed by atoms with Crippen LogP contribution in [0, 0.1) is 5.92 Å². The van der Waals surface area contributed by atoms with Crippen LogP contribution in [0.25, 0.3) is 10.9 Å². The van der Waals surface area contributed by atoms with E-state index in [4.69, 9.17) is 11.6 Å². The SMILES string of the molecule is CC(C)CNC(=O)Cn1ccc(=O)c2ccc(Cl)cc21. The Labute approximate surface area is 122 Å². The van der Waals surface area contributed by atoms with E-state index in [1.807, 2.05) is 13.8 Å². The van der Waals surface area contributed by atoms with Gasteiger partial charge < -0.3 is 9.88 Å². The molecule has 0 saturated carbocycles. The van der Waals surface area contributed by atoms with Gasteiger partial charge in [0.1, 0.15) is 6.54 Å². The second-order valence-electron chi connectivity index (χ2n) is 5.17. The number of nitrogens with one attached hydrogen (secondary N) is 1. The molecule has 1 heterocycles. The molecule has 1 N–H and O–H groups in total. The molecule has 1 amide bonds. The van der Waals surface area contributed by atoms with Crippen molar-refractivity contribution in [3.63, 3.8) is 0 Å². The first-order chi connectivity index (χ1) is 9.47. The van der Waals surface area contributed by atoms with Crippen molar-refractivity contribution < 1.29 is 4.79 Å². The minimum absolute atomic E-state index is 0.0736. The second-order valence-corrected chi connectivity index (χ2v) is 5.60. The third-order valence-electron chi connectivity index (χ3n) is 2.96. The first kappa shape index (κ1) is 14.6. The van der Waals surface area contributed by atoms with Crippen LogP contribution in [0.3, 0.4) is 0 Å². The Morgan fingerprint density at radius 1 is 1.35 bits per heavy atom. The van der Waals surface area contributed by atoms with Crippen molar-refractivity contribution in [1.82, 2.24) is 9.88 Å². The molecule has 0 aliphatic rings. The summed E-state index contributed by atoms with van der Waals surface area (Å²) in [5, 5.41) is 3.96. The molecule has 0 spiro atoms. The lowest BCUT2D eigenvalue weighted by atomic mass is 10.2. The van der Waals surface area contributed by atoms with Crippen LogP contribution in [-0.2, 0) is 11.3 Å². The Morgan fingerprint density at radius 3 is 2.80 bits per heavy atom. The molecule has 0 aliphatic carbocycles. The number of pyridine rings is 1. The molecule has 0 radical (unpaired) electrons. The van der Waals surface area contributed by atoms with E-state index in [1.165, 1.54) is 6.07 Å². The number of nitrogens with zero attached hydrogens (tertiary/aromatic N) is 1. The number of carbonyl (C=O) groups excluding carboxylic acids is 1. The van der Waals surface area contributed by atoms with Crippen LogP contribution in [-0.4, -0.2) is 17.0 Å². The molecular formula is C15H17ClN2O2. The van der Waals surface area contributed by atoms with Gasteiger partial charge >= 0.3 is 0 Å². The van der Waals surface area contributed by atoms with E-state index in [0.29, 0.717) is 28.4 Å². The van der Waals surface area contributed by atoms with Crippen LogP contribution in [0.5, 0.6) is 0 Å². The Hall–Kier alpha value is -1.81. The third kappa shape index (κ3) is 3.39. The van der Waals surface area contributed by atoms with E-state index in [1.54, 1.807) is 29.0 Å². The number of benzene rings is 1. The summed E-state index contributed by atoms with van der Waals surface area (Å²) in [6.45, 7) is 4.88. The van der Waals surface area contributed by atoms with Crippen LogP contribution in [0.2, 0.25) is 5.02 Å². The van der Waals surface area contributed by atoms with Crippen LogP contribution in [0.15, 0.2) is 35.3 Å². The summed E-state index contributed by atoms with van der Waals surface area (Å²) in [7, 11) is 0. The minimum atomic E-state index is -0.0800. The average Bonchev–Trinajstić information content (AvgIpc) is 2.39. The van der Waals surface area contributed by atoms with E-state index in [9.17, 15) is 9.59 Å². The van der Waals surface area contributed by atoms with E-state index in [-0.39, 0.29) is 17.9 Å². The lowest BCUT2D eigenvalue weighted by molar-refractivity contribution is -0.121. The zero-order valence-electron chi connectivity index (χ0n) is 11.5. The molecule has 2 rings (SSSR count). The summed E-state index contributed by atoms with van der Waals surface area (Å²) in [6, 6.07) is 6.52. The van der Waals surface area contributed by atoms with E-state index >= 15 is 0 Å². The van der Waals surface area contributed by atoms with Gasteiger partial charge in [-0.05, 0) is 24.1 Å². The van der Waals surface area contributed by atoms with Crippen LogP contribution in [0.1, 0.15) is 13.8 Å². The number of halogens is 1. The van der Waals surface area contributed by atoms with Gasteiger partial charge in [0.25, 0.3) is 0 Å². The molecule has 0 bridgehead atoms. The fraction of sp³-hybridized carbons (Fsp3) is 0.333. The molecule has 0 fully saturated rings. The molecule has 1 aromatic heterocycles. The van der Waals surface area contributed by atoms with E-state index in [2.05, 4.69) is 5.32 Å². The summed E-state index contributed by atoms with van der Waals surface area (Å²) in [5.74, 6) is 0.322. The van der Waals surface area contributed by atoms with Gasteiger partial charge in [0, 0.05) is 29.2 Å². The topological polar surface area (TPSA) is 51.1 Å². The zero-order chi connectivity index (χ0) is 14.7. The van der Waals surface area contributed by atoms with Gasteiger partial charge in [0.2, 0.25) is 5.91 Å². The Morgan fingerprint density at radius 2 is 2.10 bits per heavy atom. The lowest BCUT2D eigenvalue weighted by Crippen LogP contribution is -2.31. The molecule has 106 valence electrons. The zero-order valence-corrected chi connectivity index (χ0v) is 12.3. The molecule has 5 heteroatoms. The molecular weight excluding hydrogens is 276 g/mol. The van der Waals surface area contributed by atoms with Crippen LogP contribution in [0.4, 0.5) is 0 Å². The van der Waals surface area contributed by atoms with Crippen molar-refractivity contribution in [3.8, 4) is 0 Å². The quantitative estimate of drug-likeness (QED) is 0.941. The molecule has 2 aromatic rings. The standard InChI is InChI=1S/C15H17ClN2O2/c1-10(2)8-17-15(20)9-18-6-5-14(19)12-4-3-11(16)7-13(12)18/h3-7,10H,8-9H2,1-2H3,(H,17,20). The van der Waals surface area contributed by atoms with Crippen molar-refractivity contribution in [2.75, 3.05) is 6.54 Å². The monoisotopic (exact) mass is 292 g/mol. The first-order valence-corrected chi connectivity index (χ1v) is 6.90. The lowest BCUT2D eigenvalue weighted by Gasteiger charge is -2.12. The molecule has 20 heavy (non-hydrogen) atoms. The number of amides is 1. The summed E-state index contributed by atoms with van der Waals surface area (Å²) in [5.41, 5.74) is 0.597. The van der Waals surface area contributed by atoms with Crippen molar-refractivity contribution in [3.05, 3.63) is 45.7 Å². The number of aromatic nitrogens is 1. The molecule has 0 aliphatic heterocycles. The number of hydrogen-bond donors (Lipinski definition) is 1. The highest BCUT2D eigenvalue weighted by Crippen LogP contribution is 2.16. The van der Waals surface area contributed by atoms with Crippen molar-refractivity contribution in [2.45, 2.75) is 20.4 Å². The summed E-state index contributed by atoms with van der Waals surface area (Å²) in [6.07, 6.45) is 1.62. The number of rotatable bonds is 4. The highest BCUT2D eigenvalue weighted by Gasteiger charge is 2.08. The predicted octanol–water partition coefficient (Wildman–Crippen LogP) is 2.43. The van der Waals surface area contributed by atoms with E-state index < -0.39 is 0 Å². The largest absolute Gasteiger partial charge is 0.354 e. The van der Waals surface area contributed by atoms with Gasteiger partial charge in [0.05, 0.1) is 5.52 Å². The highest BCUT2D eigenvalue weighted by molar-refractivity contribution is 6.31. The maximum absolute atomic E-state index is 11.9. The van der Waals surface area contributed by atoms with Crippen LogP contribution >= 0.6 is 11.6 Å². The summed E-state index contributed by atoms with van der Waals surface area (Å²) < 4.78 is 1.73. The minimum Gasteiger partial charge on any atom is -0.354 e. The van der Waals surface area contributed by atoms with Gasteiger partial charge in [-0.2, -0.15) is 0 Å². The first-order valence-electron chi connectivity index (χ1n) is 6.53. The molecule has 0 atom stereocenters. The summed E-state index contributed by atoms with van der Waals surface area (Å²) >= 11 is 5.97. The maximum atomic E-state index is 11.9. The molecule has 4 nitrogen and oxygen atoms in total. The number of hydrogen-bond acceptors (Lipinski definition) is 2. The number of carbonyl (C=O) groups is 1. The fourth-order valence-electron chi connectivity index (χ4n) is 1.94. The average molecular weight is 293 g/mol. The number of fused-ring (bicyclic) bond motifs is 1. The molecule has 1 aromatic carbocycles. The normalized spacial score (nSPS) is 11.0. The molecule has 0 unspecified atom stereocenters. The Bertz CT molecular complexity index is 692. The van der Waals surface area contributed by atoms with Gasteiger partial charge in [-0.15, -0.1) is 0 Å². The van der Waals surface area contributed by atoms with Gasteiger partial charge in [0.15, 0.2) is 5.43 Å². The highest BCUT2D eigenvalue weighted by atomic mass is 35.5. The van der Waals surface area contributed by atoms with E-state index in [0.717, 1.165) is 0 Å². The van der Waals surface area contributed by atoms with Gasteiger partial charge in [-0.3, -0.25) is 9.59 Å². The second kappa shape index (κ2) is 6.09. The third-order valence-corrected chi connectivity index (χ3v) is 3.20. The fourth-order valence-corrected chi connectivity index (χ4v) is 2.11. The summed E-state index contributed by atoms with van der Waals surface area (Å²) in [4.78, 5) is 23.7. The predicted molar refractivity (Wildman–Crippen MR) is 81.1 cm³/mol.